The van der Waals surface area contributed by atoms with Gasteiger partial charge >= 0.3 is 0 Å². The largest absolute Gasteiger partial charge is 0.497 e. The molecule has 0 radical (unpaired) electrons. The molecule has 0 unspecified atom stereocenters. The molecule has 0 amide bonds. The number of rotatable bonds is 2. The van der Waals surface area contributed by atoms with E-state index >= 15 is 0 Å². The molecule has 0 saturated carbocycles. The van der Waals surface area contributed by atoms with Crippen molar-refractivity contribution in [1.82, 2.24) is 0 Å². The van der Waals surface area contributed by atoms with Crippen LogP contribution < -0.4 is 4.74 Å². The van der Waals surface area contributed by atoms with Gasteiger partial charge in [0.05, 0.1) is 13.2 Å². The molecular formula is C13H20O2. The molecule has 1 N–H and O–H groups in total. The van der Waals surface area contributed by atoms with Crippen molar-refractivity contribution in [3.63, 3.8) is 0 Å². The van der Waals surface area contributed by atoms with E-state index in [4.69, 9.17) is 4.74 Å². The standard InChI is InChI=1S/C13H20O2/c1-9(14)11-7-6-10(15-5)8-12(11)13(2,3)4/h6-9,14H,1-5H3/t9-/m0/s1. The van der Waals surface area contributed by atoms with Crippen LogP contribution in [-0.4, -0.2) is 12.2 Å². The van der Waals surface area contributed by atoms with Gasteiger partial charge in [-0.2, -0.15) is 0 Å². The number of aliphatic hydroxyl groups is 1. The maximum atomic E-state index is 9.69. The van der Waals surface area contributed by atoms with E-state index in [0.717, 1.165) is 16.9 Å². The third-order valence-electron chi connectivity index (χ3n) is 2.52. The van der Waals surface area contributed by atoms with Crippen molar-refractivity contribution in [3.05, 3.63) is 29.3 Å². The smallest absolute Gasteiger partial charge is 0.119 e. The lowest BCUT2D eigenvalue weighted by molar-refractivity contribution is 0.196. The van der Waals surface area contributed by atoms with Crippen LogP contribution in [0, 0.1) is 0 Å². The van der Waals surface area contributed by atoms with Crippen LogP contribution in [-0.2, 0) is 5.41 Å². The van der Waals surface area contributed by atoms with E-state index in [9.17, 15) is 5.11 Å². The lowest BCUT2D eigenvalue weighted by atomic mass is 9.82. The van der Waals surface area contributed by atoms with Gasteiger partial charge in [0.2, 0.25) is 0 Å². The van der Waals surface area contributed by atoms with Crippen LogP contribution in [0.25, 0.3) is 0 Å². The Balaban J connectivity index is 3.29. The Hall–Kier alpha value is -1.02. The Morgan fingerprint density at radius 1 is 1.27 bits per heavy atom. The monoisotopic (exact) mass is 208 g/mol. The third-order valence-corrected chi connectivity index (χ3v) is 2.52. The summed E-state index contributed by atoms with van der Waals surface area (Å²) in [4.78, 5) is 0. The summed E-state index contributed by atoms with van der Waals surface area (Å²) in [7, 11) is 1.66. The van der Waals surface area contributed by atoms with Crippen molar-refractivity contribution >= 4 is 0 Å². The maximum Gasteiger partial charge on any atom is 0.119 e. The molecule has 0 aromatic heterocycles. The van der Waals surface area contributed by atoms with E-state index in [1.54, 1.807) is 14.0 Å². The highest BCUT2D eigenvalue weighted by Gasteiger charge is 2.20. The van der Waals surface area contributed by atoms with Crippen molar-refractivity contribution in [2.75, 3.05) is 7.11 Å². The molecule has 0 aliphatic carbocycles. The van der Waals surface area contributed by atoms with Crippen molar-refractivity contribution in [2.45, 2.75) is 39.2 Å². The Morgan fingerprint density at radius 2 is 1.87 bits per heavy atom. The molecule has 2 heteroatoms. The van der Waals surface area contributed by atoms with Crippen LogP contribution >= 0.6 is 0 Å². The molecule has 84 valence electrons. The van der Waals surface area contributed by atoms with Crippen LogP contribution in [0.5, 0.6) is 5.75 Å². The van der Waals surface area contributed by atoms with Gasteiger partial charge in [0.25, 0.3) is 0 Å². The van der Waals surface area contributed by atoms with Crippen LogP contribution in [0.4, 0.5) is 0 Å². The number of hydrogen-bond donors (Lipinski definition) is 1. The Kier molecular flexibility index (Phi) is 3.40. The average Bonchev–Trinajstić information content (AvgIpc) is 2.15. The molecule has 0 saturated heterocycles. The quantitative estimate of drug-likeness (QED) is 0.809. The van der Waals surface area contributed by atoms with E-state index in [0.29, 0.717) is 0 Å². The molecule has 1 aromatic carbocycles. The molecule has 1 rings (SSSR count). The van der Waals surface area contributed by atoms with Crippen molar-refractivity contribution < 1.29 is 9.84 Å². The Labute approximate surface area is 91.9 Å². The highest BCUT2D eigenvalue weighted by Crippen LogP contribution is 2.32. The lowest BCUT2D eigenvalue weighted by Crippen LogP contribution is -2.15. The maximum absolute atomic E-state index is 9.69. The molecule has 15 heavy (non-hydrogen) atoms. The molecule has 0 heterocycles. The summed E-state index contributed by atoms with van der Waals surface area (Å²) in [5.74, 6) is 0.837. The van der Waals surface area contributed by atoms with Crippen LogP contribution in [0.1, 0.15) is 44.9 Å². The predicted octanol–water partition coefficient (Wildman–Crippen LogP) is 3.05. The highest BCUT2D eigenvalue weighted by molar-refractivity contribution is 5.40. The fraction of sp³-hybridized carbons (Fsp3) is 0.538. The average molecular weight is 208 g/mol. The van der Waals surface area contributed by atoms with Gasteiger partial charge in [-0.05, 0) is 35.6 Å². The van der Waals surface area contributed by atoms with E-state index in [-0.39, 0.29) is 5.41 Å². The minimum absolute atomic E-state index is 0.0147. The van der Waals surface area contributed by atoms with Gasteiger partial charge in [0, 0.05) is 0 Å². The molecule has 2 nitrogen and oxygen atoms in total. The summed E-state index contributed by atoms with van der Waals surface area (Å²) in [6, 6.07) is 5.82. The molecule has 1 atom stereocenters. The van der Waals surface area contributed by atoms with Crippen molar-refractivity contribution in [2.24, 2.45) is 0 Å². The van der Waals surface area contributed by atoms with E-state index in [2.05, 4.69) is 20.8 Å². The third kappa shape index (κ3) is 2.72. The summed E-state index contributed by atoms with van der Waals surface area (Å²) < 4.78 is 5.20. The summed E-state index contributed by atoms with van der Waals surface area (Å²) in [6.07, 6.45) is -0.440. The van der Waals surface area contributed by atoms with E-state index < -0.39 is 6.10 Å². The lowest BCUT2D eigenvalue weighted by Gasteiger charge is -2.24. The predicted molar refractivity (Wildman–Crippen MR) is 62.3 cm³/mol. The van der Waals surface area contributed by atoms with Gasteiger partial charge in [-0.15, -0.1) is 0 Å². The summed E-state index contributed by atoms with van der Waals surface area (Å²) in [6.45, 7) is 8.19. The first-order chi connectivity index (χ1) is 6.86. The zero-order valence-corrected chi connectivity index (χ0v) is 10.2. The van der Waals surface area contributed by atoms with Crippen LogP contribution in [0.3, 0.4) is 0 Å². The second kappa shape index (κ2) is 4.23. The number of aliphatic hydroxyl groups excluding tert-OH is 1. The second-order valence-electron chi connectivity index (χ2n) is 4.88. The zero-order chi connectivity index (χ0) is 11.6. The first-order valence-corrected chi connectivity index (χ1v) is 5.22. The number of hydrogen-bond acceptors (Lipinski definition) is 2. The zero-order valence-electron chi connectivity index (χ0n) is 10.2. The summed E-state index contributed by atoms with van der Waals surface area (Å²) in [5.41, 5.74) is 2.13. The van der Waals surface area contributed by atoms with E-state index in [1.165, 1.54) is 0 Å². The molecule has 1 aromatic rings. The Bertz CT molecular complexity index is 335. The van der Waals surface area contributed by atoms with Crippen molar-refractivity contribution in [1.29, 1.82) is 0 Å². The van der Waals surface area contributed by atoms with Gasteiger partial charge in [-0.1, -0.05) is 26.8 Å². The first kappa shape index (κ1) is 12.1. The van der Waals surface area contributed by atoms with Gasteiger partial charge in [0.15, 0.2) is 0 Å². The number of methoxy groups -OCH3 is 1. The topological polar surface area (TPSA) is 29.5 Å². The first-order valence-electron chi connectivity index (χ1n) is 5.22. The highest BCUT2D eigenvalue weighted by atomic mass is 16.5. The molecular weight excluding hydrogens is 188 g/mol. The van der Waals surface area contributed by atoms with Gasteiger partial charge in [-0.25, -0.2) is 0 Å². The van der Waals surface area contributed by atoms with Gasteiger partial charge in [-0.3, -0.25) is 0 Å². The van der Waals surface area contributed by atoms with Crippen molar-refractivity contribution in [3.8, 4) is 5.75 Å². The van der Waals surface area contributed by atoms with E-state index in [1.807, 2.05) is 18.2 Å². The molecule has 0 fully saturated rings. The molecule has 0 bridgehead atoms. The van der Waals surface area contributed by atoms with Crippen LogP contribution in [0.2, 0.25) is 0 Å². The minimum atomic E-state index is -0.440. The SMILES string of the molecule is COc1ccc([C@H](C)O)c(C(C)(C)C)c1. The second-order valence-corrected chi connectivity index (χ2v) is 4.88. The molecule has 0 spiro atoms. The van der Waals surface area contributed by atoms with Gasteiger partial charge in [0.1, 0.15) is 5.75 Å². The number of benzene rings is 1. The summed E-state index contributed by atoms with van der Waals surface area (Å²) >= 11 is 0. The van der Waals surface area contributed by atoms with Crippen LogP contribution in [0.15, 0.2) is 18.2 Å². The number of ether oxygens (including phenoxy) is 1. The fourth-order valence-corrected chi connectivity index (χ4v) is 1.68. The minimum Gasteiger partial charge on any atom is -0.497 e. The molecule has 0 aliphatic rings. The Morgan fingerprint density at radius 3 is 2.27 bits per heavy atom. The normalized spacial score (nSPS) is 13.7. The summed E-state index contributed by atoms with van der Waals surface area (Å²) in [5, 5.41) is 9.69. The van der Waals surface area contributed by atoms with Gasteiger partial charge < -0.3 is 9.84 Å². The fourth-order valence-electron chi connectivity index (χ4n) is 1.68. The molecule has 0 aliphatic heterocycles.